The minimum Gasteiger partial charge on any atom is -0.242 e. The van der Waals surface area contributed by atoms with E-state index >= 15 is 0 Å². The van der Waals surface area contributed by atoms with E-state index < -0.39 is 0 Å². The highest BCUT2D eigenvalue weighted by atomic mass is 35.5. The standard InChI is InChI=1S/C17H25Cl2NS2/c1-4-7-8-12-15(21-5-2)17(22-6-3)20-16-13(18)10-9-11-14(16)19/h9-11,15H,4-8,12H2,1-3H3. The minimum atomic E-state index is 0.439. The SMILES string of the molecule is CCCCCC(SCC)C(=Nc1c(Cl)cccc1Cl)SCC. The molecule has 0 fully saturated rings. The van der Waals surface area contributed by atoms with Gasteiger partial charge in [-0.15, -0.1) is 11.8 Å². The summed E-state index contributed by atoms with van der Waals surface area (Å²) in [5.74, 6) is 2.10. The molecule has 1 atom stereocenters. The molecule has 0 heterocycles. The number of thioether (sulfide) groups is 2. The van der Waals surface area contributed by atoms with Gasteiger partial charge in [-0.2, -0.15) is 11.8 Å². The molecule has 0 spiro atoms. The molecule has 0 saturated heterocycles. The summed E-state index contributed by atoms with van der Waals surface area (Å²) in [4.78, 5) is 4.84. The van der Waals surface area contributed by atoms with Crippen LogP contribution in [0.1, 0.15) is 46.5 Å². The number of unbranched alkanes of at least 4 members (excludes halogenated alkanes) is 2. The molecule has 0 aliphatic carbocycles. The Kier molecular flexibility index (Phi) is 10.7. The van der Waals surface area contributed by atoms with E-state index in [-0.39, 0.29) is 0 Å². The largest absolute Gasteiger partial charge is 0.242 e. The van der Waals surface area contributed by atoms with Crippen molar-refractivity contribution in [1.29, 1.82) is 0 Å². The van der Waals surface area contributed by atoms with Crippen molar-refractivity contribution < 1.29 is 0 Å². The third-order valence-corrected chi connectivity index (χ3v) is 6.08. The molecule has 1 aromatic carbocycles. The predicted molar refractivity (Wildman–Crippen MR) is 108 cm³/mol. The Morgan fingerprint density at radius 2 is 1.77 bits per heavy atom. The Morgan fingerprint density at radius 3 is 2.32 bits per heavy atom. The summed E-state index contributed by atoms with van der Waals surface area (Å²) < 4.78 is 0. The highest BCUT2D eigenvalue weighted by Gasteiger charge is 2.17. The number of aliphatic imine (C=N–C) groups is 1. The predicted octanol–water partition coefficient (Wildman–Crippen LogP) is 7.48. The monoisotopic (exact) mass is 377 g/mol. The third kappa shape index (κ3) is 6.74. The number of rotatable bonds is 9. The summed E-state index contributed by atoms with van der Waals surface area (Å²) in [5, 5.41) is 2.83. The van der Waals surface area contributed by atoms with Crippen molar-refractivity contribution in [3.63, 3.8) is 0 Å². The van der Waals surface area contributed by atoms with E-state index in [0.29, 0.717) is 21.0 Å². The minimum absolute atomic E-state index is 0.439. The first kappa shape index (κ1) is 20.2. The van der Waals surface area contributed by atoms with Crippen molar-refractivity contribution >= 4 is 57.5 Å². The average molecular weight is 378 g/mol. The van der Waals surface area contributed by atoms with Crippen molar-refractivity contribution in [1.82, 2.24) is 0 Å². The number of para-hydroxylation sites is 1. The van der Waals surface area contributed by atoms with Gasteiger partial charge >= 0.3 is 0 Å². The number of benzene rings is 1. The lowest BCUT2D eigenvalue weighted by Crippen LogP contribution is -2.15. The lowest BCUT2D eigenvalue weighted by Gasteiger charge is -2.18. The van der Waals surface area contributed by atoms with Crippen LogP contribution >= 0.6 is 46.7 Å². The summed E-state index contributed by atoms with van der Waals surface area (Å²) in [7, 11) is 0. The molecular formula is C17H25Cl2NS2. The van der Waals surface area contributed by atoms with Gasteiger partial charge in [0, 0.05) is 0 Å². The number of hydrogen-bond donors (Lipinski definition) is 0. The van der Waals surface area contributed by atoms with Gasteiger partial charge in [0.1, 0.15) is 5.69 Å². The lowest BCUT2D eigenvalue weighted by molar-refractivity contribution is 0.690. The van der Waals surface area contributed by atoms with Crippen LogP contribution in [0.4, 0.5) is 5.69 Å². The number of halogens is 2. The van der Waals surface area contributed by atoms with Crippen LogP contribution in [-0.4, -0.2) is 21.8 Å². The van der Waals surface area contributed by atoms with Crippen molar-refractivity contribution in [3.05, 3.63) is 28.2 Å². The first-order chi connectivity index (χ1) is 10.6. The molecule has 0 aliphatic heterocycles. The van der Waals surface area contributed by atoms with E-state index in [0.717, 1.165) is 16.5 Å². The maximum atomic E-state index is 6.27. The van der Waals surface area contributed by atoms with Gasteiger partial charge in [-0.3, -0.25) is 0 Å². The molecule has 5 heteroatoms. The molecule has 1 rings (SSSR count). The maximum Gasteiger partial charge on any atom is 0.101 e. The second-order valence-corrected chi connectivity index (χ2v) is 8.47. The van der Waals surface area contributed by atoms with E-state index in [9.17, 15) is 0 Å². The van der Waals surface area contributed by atoms with Crippen molar-refractivity contribution in [2.24, 2.45) is 4.99 Å². The average Bonchev–Trinajstić information content (AvgIpc) is 2.49. The topological polar surface area (TPSA) is 12.4 Å². The van der Waals surface area contributed by atoms with E-state index in [2.05, 4.69) is 20.8 Å². The Balaban J connectivity index is 3.03. The quantitative estimate of drug-likeness (QED) is 0.251. The van der Waals surface area contributed by atoms with Crippen molar-refractivity contribution in [2.45, 2.75) is 51.7 Å². The first-order valence-electron chi connectivity index (χ1n) is 7.90. The van der Waals surface area contributed by atoms with E-state index in [1.807, 2.05) is 30.0 Å². The van der Waals surface area contributed by atoms with Crippen LogP contribution in [-0.2, 0) is 0 Å². The first-order valence-corrected chi connectivity index (χ1v) is 10.7. The Bertz CT molecular complexity index is 457. The van der Waals surface area contributed by atoms with Crippen LogP contribution in [0.5, 0.6) is 0 Å². The number of hydrogen-bond acceptors (Lipinski definition) is 3. The Morgan fingerprint density at radius 1 is 1.09 bits per heavy atom. The Labute approximate surface area is 153 Å². The zero-order chi connectivity index (χ0) is 16.4. The molecule has 0 bridgehead atoms. The highest BCUT2D eigenvalue weighted by Crippen LogP contribution is 2.35. The molecule has 124 valence electrons. The fourth-order valence-electron chi connectivity index (χ4n) is 2.11. The van der Waals surface area contributed by atoms with E-state index in [4.69, 9.17) is 28.2 Å². The summed E-state index contributed by atoms with van der Waals surface area (Å²) >= 11 is 16.3. The summed E-state index contributed by atoms with van der Waals surface area (Å²) in [6.07, 6.45) is 4.93. The van der Waals surface area contributed by atoms with Crippen LogP contribution in [0, 0.1) is 0 Å². The second-order valence-electron chi connectivity index (χ2n) is 4.89. The van der Waals surface area contributed by atoms with E-state index in [1.165, 1.54) is 25.7 Å². The van der Waals surface area contributed by atoms with Gasteiger partial charge < -0.3 is 0 Å². The molecular weight excluding hydrogens is 353 g/mol. The highest BCUT2D eigenvalue weighted by molar-refractivity contribution is 8.16. The summed E-state index contributed by atoms with van der Waals surface area (Å²) in [5.41, 5.74) is 0.707. The van der Waals surface area contributed by atoms with Crippen LogP contribution in [0.15, 0.2) is 23.2 Å². The normalized spacial score (nSPS) is 13.4. The molecule has 0 saturated carbocycles. The fourth-order valence-corrected chi connectivity index (χ4v) is 4.69. The van der Waals surface area contributed by atoms with Gasteiger partial charge in [-0.25, -0.2) is 4.99 Å². The van der Waals surface area contributed by atoms with Crippen LogP contribution in [0.3, 0.4) is 0 Å². The van der Waals surface area contributed by atoms with Crippen molar-refractivity contribution in [3.8, 4) is 0 Å². The van der Waals surface area contributed by atoms with Gasteiger partial charge in [0.15, 0.2) is 0 Å². The van der Waals surface area contributed by atoms with Gasteiger partial charge in [-0.05, 0) is 30.1 Å². The molecule has 1 unspecified atom stereocenters. The zero-order valence-electron chi connectivity index (χ0n) is 13.6. The van der Waals surface area contributed by atoms with E-state index in [1.54, 1.807) is 11.8 Å². The second kappa shape index (κ2) is 11.7. The lowest BCUT2D eigenvalue weighted by atomic mass is 10.1. The van der Waals surface area contributed by atoms with Crippen LogP contribution < -0.4 is 0 Å². The van der Waals surface area contributed by atoms with Gasteiger partial charge in [0.25, 0.3) is 0 Å². The van der Waals surface area contributed by atoms with Gasteiger partial charge in [-0.1, -0.05) is 69.3 Å². The van der Waals surface area contributed by atoms with Crippen LogP contribution in [0.25, 0.3) is 0 Å². The molecule has 0 amide bonds. The molecule has 1 nitrogen and oxygen atoms in total. The molecule has 0 N–H and O–H groups in total. The Hall–Kier alpha value is 0.170. The molecule has 0 radical (unpaired) electrons. The van der Waals surface area contributed by atoms with Crippen LogP contribution in [0.2, 0.25) is 10.0 Å². The smallest absolute Gasteiger partial charge is 0.101 e. The third-order valence-electron chi connectivity index (χ3n) is 3.16. The maximum absolute atomic E-state index is 6.27. The van der Waals surface area contributed by atoms with Gasteiger partial charge in [0.2, 0.25) is 0 Å². The summed E-state index contributed by atoms with van der Waals surface area (Å²) in [6, 6.07) is 5.55. The van der Waals surface area contributed by atoms with Crippen molar-refractivity contribution in [2.75, 3.05) is 11.5 Å². The molecule has 22 heavy (non-hydrogen) atoms. The van der Waals surface area contributed by atoms with Gasteiger partial charge in [0.05, 0.1) is 20.3 Å². The molecule has 0 aromatic heterocycles. The summed E-state index contributed by atoms with van der Waals surface area (Å²) in [6.45, 7) is 6.60. The zero-order valence-corrected chi connectivity index (χ0v) is 16.7. The molecule has 0 aliphatic rings. The number of nitrogens with zero attached hydrogens (tertiary/aromatic N) is 1. The fraction of sp³-hybridized carbons (Fsp3) is 0.588. The molecule has 1 aromatic rings.